The fourth-order valence-electron chi connectivity index (χ4n) is 5.47. The number of hydrogen-bond donors (Lipinski definition) is 1. The summed E-state index contributed by atoms with van der Waals surface area (Å²) in [6.07, 6.45) is 3.81. The van der Waals surface area contributed by atoms with Crippen molar-refractivity contribution in [3.63, 3.8) is 0 Å². The maximum absolute atomic E-state index is 13.7. The summed E-state index contributed by atoms with van der Waals surface area (Å²) in [6, 6.07) is 9.40. The summed E-state index contributed by atoms with van der Waals surface area (Å²) in [6.45, 7) is 11.8. The van der Waals surface area contributed by atoms with Gasteiger partial charge in [0.25, 0.3) is 5.91 Å². The molecule has 4 aromatic rings. The maximum atomic E-state index is 13.7. The molecule has 0 bridgehead atoms. The zero-order valence-electron chi connectivity index (χ0n) is 27.9. The number of aromatic nitrogens is 7. The second kappa shape index (κ2) is 13.7. The van der Waals surface area contributed by atoms with Crippen molar-refractivity contribution >= 4 is 23.8 Å². The van der Waals surface area contributed by atoms with Crippen LogP contribution in [0.2, 0.25) is 0 Å². The Hall–Kier alpha value is -5.14. The van der Waals surface area contributed by atoms with E-state index in [0.29, 0.717) is 48.8 Å². The lowest BCUT2D eigenvalue weighted by Gasteiger charge is -2.34. The van der Waals surface area contributed by atoms with Crippen LogP contribution in [-0.2, 0) is 21.3 Å². The summed E-state index contributed by atoms with van der Waals surface area (Å²) in [7, 11) is 1.78. The van der Waals surface area contributed by atoms with E-state index in [1.54, 1.807) is 42.9 Å². The first-order valence-electron chi connectivity index (χ1n) is 15.7. The Morgan fingerprint density at radius 3 is 2.55 bits per heavy atom. The van der Waals surface area contributed by atoms with Crippen LogP contribution < -0.4 is 5.32 Å². The van der Waals surface area contributed by atoms with Gasteiger partial charge in [-0.2, -0.15) is 5.10 Å². The average molecular weight is 644 g/mol. The lowest BCUT2D eigenvalue weighted by Crippen LogP contribution is -2.41. The molecule has 0 spiro atoms. The van der Waals surface area contributed by atoms with Crippen LogP contribution in [0.15, 0.2) is 42.7 Å². The summed E-state index contributed by atoms with van der Waals surface area (Å²) >= 11 is 0. The van der Waals surface area contributed by atoms with Crippen molar-refractivity contribution < 1.29 is 23.9 Å². The van der Waals surface area contributed by atoms with E-state index in [-0.39, 0.29) is 30.3 Å². The lowest BCUT2D eigenvalue weighted by atomic mass is 9.84. The van der Waals surface area contributed by atoms with E-state index in [1.165, 1.54) is 4.80 Å². The molecule has 1 atom stereocenters. The van der Waals surface area contributed by atoms with Gasteiger partial charge < -0.3 is 19.7 Å². The molecule has 1 saturated heterocycles. The lowest BCUT2D eigenvalue weighted by molar-refractivity contribution is -0.153. The number of pyridine rings is 1. The molecule has 4 heterocycles. The number of tetrazole rings is 1. The predicted octanol–water partition coefficient (Wildman–Crippen LogP) is 5.28. The van der Waals surface area contributed by atoms with Crippen LogP contribution in [0.4, 0.5) is 10.6 Å². The largest absolute Gasteiger partial charge is 0.444 e. The molecule has 1 aromatic carbocycles. The number of nitrogens with zero attached hydrogens (tertiary/aromatic N) is 8. The number of piperidine rings is 1. The van der Waals surface area contributed by atoms with Crippen LogP contribution in [0.5, 0.6) is 0 Å². The zero-order valence-corrected chi connectivity index (χ0v) is 27.9. The fourth-order valence-corrected chi connectivity index (χ4v) is 5.47. The van der Waals surface area contributed by atoms with Crippen molar-refractivity contribution in [1.82, 2.24) is 39.9 Å². The van der Waals surface area contributed by atoms with E-state index < -0.39 is 11.8 Å². The molecule has 14 heteroatoms. The molecule has 3 aromatic heterocycles. The van der Waals surface area contributed by atoms with E-state index in [0.717, 1.165) is 22.3 Å². The first kappa shape index (κ1) is 33.2. The molecule has 0 saturated carbocycles. The topological polar surface area (TPSA) is 159 Å². The zero-order chi connectivity index (χ0) is 33.9. The van der Waals surface area contributed by atoms with Crippen molar-refractivity contribution in [2.45, 2.75) is 78.6 Å². The third kappa shape index (κ3) is 7.64. The van der Waals surface area contributed by atoms with Gasteiger partial charge in [-0.3, -0.25) is 14.3 Å². The molecule has 0 radical (unpaired) electrons. The first-order chi connectivity index (χ1) is 22.3. The number of anilines is 1. The number of carbonyl (C=O) groups is 3. The van der Waals surface area contributed by atoms with Crippen LogP contribution in [0.1, 0.15) is 87.5 Å². The molecular formula is C33H41N9O5. The van der Waals surface area contributed by atoms with Crippen LogP contribution in [0, 0.1) is 6.92 Å². The molecular weight excluding hydrogens is 602 g/mol. The van der Waals surface area contributed by atoms with Crippen molar-refractivity contribution in [3.05, 3.63) is 59.4 Å². The number of ether oxygens (including phenoxy) is 2. The standard InChI is InChI=1S/C33H41N9O5/c1-8-27(43)46-21(3)42-38-30(37-39-42)28-26(19-35-40(28)7)23-11-12-24(31(44)36-29-20(2)10-9-15-34-29)25(18-23)22-13-16-41(17-14-22)32(45)47-33(4,5)6/h9-12,15,18-19,21-22H,8,13-14,16-17H2,1-7H3,(H,34,36,44). The van der Waals surface area contributed by atoms with Gasteiger partial charge in [-0.15, -0.1) is 15.0 Å². The van der Waals surface area contributed by atoms with Gasteiger partial charge in [0.05, 0.1) is 6.20 Å². The second-order valence-corrected chi connectivity index (χ2v) is 12.6. The highest BCUT2D eigenvalue weighted by Crippen LogP contribution is 2.37. The minimum atomic E-state index is -0.737. The maximum Gasteiger partial charge on any atom is 0.410 e. The second-order valence-electron chi connectivity index (χ2n) is 12.6. The van der Waals surface area contributed by atoms with Crippen molar-refractivity contribution in [2.75, 3.05) is 18.4 Å². The SMILES string of the molecule is CCC(=O)OC(C)n1nnc(-c2c(-c3ccc(C(=O)Nc4ncccc4C)c(C4CCN(C(=O)OC(C)(C)C)CC4)c3)cnn2C)n1. The smallest absolute Gasteiger partial charge is 0.410 e. The number of likely N-dealkylation sites (tertiary alicyclic amines) is 1. The number of nitrogens with one attached hydrogen (secondary N) is 1. The Morgan fingerprint density at radius 1 is 1.13 bits per heavy atom. The Morgan fingerprint density at radius 2 is 1.87 bits per heavy atom. The number of carbonyl (C=O) groups excluding carboxylic acids is 3. The Kier molecular flexibility index (Phi) is 9.68. The highest BCUT2D eigenvalue weighted by atomic mass is 16.6. The summed E-state index contributed by atoms with van der Waals surface area (Å²) < 4.78 is 12.6. The van der Waals surface area contributed by atoms with E-state index >= 15 is 0 Å². The molecule has 2 amide bonds. The van der Waals surface area contributed by atoms with Crippen LogP contribution >= 0.6 is 0 Å². The van der Waals surface area contributed by atoms with Crippen LogP contribution in [-0.4, -0.2) is 76.5 Å². The average Bonchev–Trinajstić information content (AvgIpc) is 3.68. The van der Waals surface area contributed by atoms with Crippen molar-refractivity contribution in [2.24, 2.45) is 7.05 Å². The summed E-state index contributed by atoms with van der Waals surface area (Å²) in [5.74, 6) is 0.153. The molecule has 47 heavy (non-hydrogen) atoms. The van der Waals surface area contributed by atoms with Gasteiger partial charge in [0, 0.05) is 43.9 Å². The number of hydrogen-bond acceptors (Lipinski definition) is 10. The van der Waals surface area contributed by atoms with Gasteiger partial charge >= 0.3 is 12.1 Å². The van der Waals surface area contributed by atoms with Crippen molar-refractivity contribution in [3.8, 4) is 22.6 Å². The summed E-state index contributed by atoms with van der Waals surface area (Å²) in [5, 5.41) is 20.3. The Balaban J connectivity index is 1.48. The van der Waals surface area contributed by atoms with E-state index in [2.05, 4.69) is 30.8 Å². The number of benzene rings is 1. The molecule has 1 fully saturated rings. The molecule has 1 unspecified atom stereocenters. The first-order valence-corrected chi connectivity index (χ1v) is 15.7. The number of rotatable bonds is 8. The molecule has 1 aliphatic rings. The minimum absolute atomic E-state index is 0.00700. The fraction of sp³-hybridized carbons (Fsp3) is 0.455. The summed E-state index contributed by atoms with van der Waals surface area (Å²) in [5.41, 5.74) is 3.80. The van der Waals surface area contributed by atoms with Gasteiger partial charge in [-0.05, 0) is 93.5 Å². The molecule has 1 N–H and O–H groups in total. The molecule has 248 valence electrons. The Labute approximate surface area is 273 Å². The minimum Gasteiger partial charge on any atom is -0.444 e. The van der Waals surface area contributed by atoms with Crippen LogP contribution in [0.25, 0.3) is 22.6 Å². The Bertz CT molecular complexity index is 1770. The molecule has 5 rings (SSSR count). The predicted molar refractivity (Wildman–Crippen MR) is 173 cm³/mol. The molecule has 14 nitrogen and oxygen atoms in total. The van der Waals surface area contributed by atoms with Crippen molar-refractivity contribution in [1.29, 1.82) is 0 Å². The van der Waals surface area contributed by atoms with Gasteiger partial charge in [0.1, 0.15) is 17.1 Å². The summed E-state index contributed by atoms with van der Waals surface area (Å²) in [4.78, 5) is 45.6. The quantitative estimate of drug-likeness (QED) is 0.250. The van der Waals surface area contributed by atoms with E-state index in [9.17, 15) is 14.4 Å². The van der Waals surface area contributed by atoms with E-state index in [4.69, 9.17) is 9.47 Å². The van der Waals surface area contributed by atoms with Gasteiger partial charge in [-0.1, -0.05) is 19.1 Å². The third-order valence-electron chi connectivity index (χ3n) is 7.93. The van der Waals surface area contributed by atoms with Gasteiger partial charge in [0.2, 0.25) is 12.1 Å². The monoisotopic (exact) mass is 643 g/mol. The number of amides is 2. The van der Waals surface area contributed by atoms with Gasteiger partial charge in [0.15, 0.2) is 0 Å². The number of aryl methyl sites for hydroxylation is 2. The number of esters is 1. The normalized spacial score (nSPS) is 14.5. The molecule has 0 aliphatic carbocycles. The van der Waals surface area contributed by atoms with Crippen LogP contribution in [0.3, 0.4) is 0 Å². The highest BCUT2D eigenvalue weighted by Gasteiger charge is 2.30. The molecule has 1 aliphatic heterocycles. The highest BCUT2D eigenvalue weighted by molar-refractivity contribution is 6.05. The third-order valence-corrected chi connectivity index (χ3v) is 7.93. The van der Waals surface area contributed by atoms with E-state index in [1.807, 2.05) is 58.0 Å². The van der Waals surface area contributed by atoms with Gasteiger partial charge in [-0.25, -0.2) is 9.78 Å².